The van der Waals surface area contributed by atoms with Crippen molar-refractivity contribution in [3.63, 3.8) is 0 Å². The maximum Gasteiger partial charge on any atom is 0.295 e. The van der Waals surface area contributed by atoms with Crippen molar-refractivity contribution in [1.29, 1.82) is 0 Å². The first kappa shape index (κ1) is 20.8. The predicted octanol–water partition coefficient (Wildman–Crippen LogP) is 4.19. The van der Waals surface area contributed by atoms with Gasteiger partial charge >= 0.3 is 0 Å². The molecule has 0 saturated carbocycles. The highest BCUT2D eigenvalue weighted by atomic mass is 35.5. The van der Waals surface area contributed by atoms with Gasteiger partial charge in [-0.05, 0) is 50.6 Å². The van der Waals surface area contributed by atoms with Crippen molar-refractivity contribution in [2.45, 2.75) is 33.7 Å². The molecule has 0 aliphatic carbocycles. The summed E-state index contributed by atoms with van der Waals surface area (Å²) >= 11 is 6.11. The summed E-state index contributed by atoms with van der Waals surface area (Å²) in [6.07, 6.45) is 0.0989. The molecule has 158 valence electrons. The highest BCUT2D eigenvalue weighted by Gasteiger charge is 2.17. The van der Waals surface area contributed by atoms with E-state index >= 15 is 0 Å². The number of para-hydroxylation sites is 1. The molecule has 0 bridgehead atoms. The van der Waals surface area contributed by atoms with Gasteiger partial charge in [-0.2, -0.15) is 10.2 Å². The predicted molar refractivity (Wildman–Crippen MR) is 122 cm³/mol. The van der Waals surface area contributed by atoms with Crippen LogP contribution in [-0.4, -0.2) is 25.5 Å². The maximum absolute atomic E-state index is 13.0. The number of halogens is 1. The first-order valence-electron chi connectivity index (χ1n) is 9.93. The van der Waals surface area contributed by atoms with Crippen LogP contribution in [0.5, 0.6) is 0 Å². The normalized spacial score (nSPS) is 11.1. The van der Waals surface area contributed by atoms with Gasteiger partial charge in [0.05, 0.1) is 29.0 Å². The van der Waals surface area contributed by atoms with Crippen LogP contribution >= 0.6 is 11.6 Å². The number of aryl methyl sites for hydroxylation is 4. The van der Waals surface area contributed by atoms with E-state index in [2.05, 4.69) is 15.5 Å². The number of amides is 1. The molecule has 2 heterocycles. The van der Waals surface area contributed by atoms with Gasteiger partial charge in [0, 0.05) is 17.1 Å². The fourth-order valence-electron chi connectivity index (χ4n) is 3.56. The summed E-state index contributed by atoms with van der Waals surface area (Å²) in [7, 11) is 0. The first-order valence-corrected chi connectivity index (χ1v) is 10.3. The lowest BCUT2D eigenvalue weighted by atomic mass is 10.2. The quantitative estimate of drug-likeness (QED) is 0.509. The van der Waals surface area contributed by atoms with Gasteiger partial charge in [-0.15, -0.1) is 0 Å². The third-order valence-electron chi connectivity index (χ3n) is 5.19. The molecule has 0 spiro atoms. The number of fused-ring (bicyclic) bond motifs is 1. The highest BCUT2D eigenvalue weighted by molar-refractivity contribution is 6.31. The second kappa shape index (κ2) is 8.35. The van der Waals surface area contributed by atoms with Gasteiger partial charge in [0.15, 0.2) is 5.52 Å². The van der Waals surface area contributed by atoms with Crippen LogP contribution in [0.2, 0.25) is 5.02 Å². The third kappa shape index (κ3) is 4.09. The smallest absolute Gasteiger partial charge is 0.295 e. The number of hydrogen-bond acceptors (Lipinski definition) is 4. The summed E-state index contributed by atoms with van der Waals surface area (Å²) in [6, 6.07) is 15.0. The number of carbonyl (C=O) groups excluding carboxylic acids is 1. The number of anilines is 1. The van der Waals surface area contributed by atoms with Crippen LogP contribution in [0, 0.1) is 20.8 Å². The summed E-state index contributed by atoms with van der Waals surface area (Å²) in [4.78, 5) is 25.4. The Morgan fingerprint density at radius 1 is 1.06 bits per heavy atom. The Morgan fingerprint density at radius 3 is 2.52 bits per heavy atom. The van der Waals surface area contributed by atoms with E-state index in [4.69, 9.17) is 11.6 Å². The van der Waals surface area contributed by atoms with Gasteiger partial charge in [0.1, 0.15) is 0 Å². The largest absolute Gasteiger partial charge is 0.326 e. The highest BCUT2D eigenvalue weighted by Crippen LogP contribution is 2.22. The van der Waals surface area contributed by atoms with Crippen molar-refractivity contribution in [2.75, 3.05) is 5.32 Å². The van der Waals surface area contributed by atoms with Gasteiger partial charge in [-0.3, -0.25) is 9.59 Å². The average molecular weight is 436 g/mol. The van der Waals surface area contributed by atoms with Gasteiger partial charge in [0.25, 0.3) is 5.56 Å². The van der Waals surface area contributed by atoms with E-state index < -0.39 is 0 Å². The summed E-state index contributed by atoms with van der Waals surface area (Å²) < 4.78 is 3.06. The minimum absolute atomic E-state index is 0.0989. The fraction of sp³-hybridized carbons (Fsp3) is 0.217. The molecule has 2 aromatic carbocycles. The average Bonchev–Trinajstić information content (AvgIpc) is 3.11. The van der Waals surface area contributed by atoms with E-state index in [9.17, 15) is 9.59 Å². The molecule has 0 atom stereocenters. The van der Waals surface area contributed by atoms with E-state index in [-0.39, 0.29) is 24.4 Å². The van der Waals surface area contributed by atoms with Crippen LogP contribution in [0.15, 0.2) is 53.3 Å². The first-order chi connectivity index (χ1) is 14.8. The number of nitrogens with one attached hydrogen (secondary N) is 1. The lowest BCUT2D eigenvalue weighted by Gasteiger charge is -2.08. The van der Waals surface area contributed by atoms with E-state index in [1.54, 1.807) is 16.8 Å². The van der Waals surface area contributed by atoms with Gasteiger partial charge in [0.2, 0.25) is 5.91 Å². The minimum atomic E-state index is -0.315. The van der Waals surface area contributed by atoms with Crippen LogP contribution in [0.4, 0.5) is 5.69 Å². The Morgan fingerprint density at radius 2 is 1.81 bits per heavy atom. The van der Waals surface area contributed by atoms with E-state index in [0.717, 1.165) is 22.3 Å². The molecule has 1 amide bonds. The number of nitrogens with zero attached hydrogens (tertiary/aromatic N) is 4. The zero-order chi connectivity index (χ0) is 22.1. The van der Waals surface area contributed by atoms with Gasteiger partial charge < -0.3 is 5.32 Å². The molecular formula is C23H22ClN5O2. The van der Waals surface area contributed by atoms with Crippen molar-refractivity contribution < 1.29 is 4.79 Å². The van der Waals surface area contributed by atoms with Crippen molar-refractivity contribution in [3.8, 4) is 5.69 Å². The zero-order valence-corrected chi connectivity index (χ0v) is 18.3. The van der Waals surface area contributed by atoms with Crippen LogP contribution < -0.4 is 10.9 Å². The Balaban J connectivity index is 1.58. The summed E-state index contributed by atoms with van der Waals surface area (Å²) in [5.41, 5.74) is 4.00. The molecule has 0 unspecified atom stereocenters. The van der Waals surface area contributed by atoms with E-state index in [1.807, 2.05) is 57.2 Å². The molecule has 0 radical (unpaired) electrons. The number of benzene rings is 2. The Kier molecular flexibility index (Phi) is 5.61. The fourth-order valence-corrected chi connectivity index (χ4v) is 3.74. The molecule has 7 nitrogen and oxygen atoms in total. The monoisotopic (exact) mass is 435 g/mol. The van der Waals surface area contributed by atoms with Crippen molar-refractivity contribution in [1.82, 2.24) is 19.6 Å². The van der Waals surface area contributed by atoms with Crippen LogP contribution in [0.3, 0.4) is 0 Å². The number of rotatable bonds is 5. The Hall–Kier alpha value is -3.45. The summed E-state index contributed by atoms with van der Waals surface area (Å²) in [5, 5.41) is 13.1. The number of aromatic nitrogens is 4. The van der Waals surface area contributed by atoms with Crippen molar-refractivity contribution in [3.05, 3.63) is 80.9 Å². The lowest BCUT2D eigenvalue weighted by Crippen LogP contribution is -2.26. The molecule has 0 aliphatic heterocycles. The second-order valence-corrected chi connectivity index (χ2v) is 7.84. The summed E-state index contributed by atoms with van der Waals surface area (Å²) in [5.74, 6) is -0.225. The molecule has 4 rings (SSSR count). The van der Waals surface area contributed by atoms with Crippen LogP contribution in [-0.2, 0) is 11.3 Å². The second-order valence-electron chi connectivity index (χ2n) is 7.43. The van der Waals surface area contributed by atoms with Crippen molar-refractivity contribution >= 4 is 34.1 Å². The van der Waals surface area contributed by atoms with E-state index in [1.165, 1.54) is 4.68 Å². The van der Waals surface area contributed by atoms with Crippen LogP contribution in [0.25, 0.3) is 16.6 Å². The number of hydrogen-bond donors (Lipinski definition) is 1. The molecule has 0 aliphatic rings. The maximum atomic E-state index is 13.0. The minimum Gasteiger partial charge on any atom is -0.326 e. The summed E-state index contributed by atoms with van der Waals surface area (Å²) in [6.45, 7) is 5.81. The number of carbonyl (C=O) groups is 1. The van der Waals surface area contributed by atoms with Crippen molar-refractivity contribution in [2.24, 2.45) is 0 Å². The molecule has 31 heavy (non-hydrogen) atoms. The molecule has 1 N–H and O–H groups in total. The van der Waals surface area contributed by atoms with E-state index in [0.29, 0.717) is 21.9 Å². The topological polar surface area (TPSA) is 81.8 Å². The third-order valence-corrected chi connectivity index (χ3v) is 5.60. The molecule has 0 fully saturated rings. The molecule has 8 heteroatoms. The standard InChI is InChI=1S/C23H22ClN5O2/c1-14-9-10-17(13-19(14)24)25-20(30)11-12-28-23(31)22-21(15(2)26-28)16(3)29(27-22)18-7-5-4-6-8-18/h4-10,13H,11-12H2,1-3H3,(H,25,30). The van der Waals surface area contributed by atoms with Gasteiger partial charge in [-0.1, -0.05) is 35.9 Å². The Labute approximate surface area is 184 Å². The molecule has 2 aromatic heterocycles. The SMILES string of the molecule is Cc1ccc(NC(=O)CCn2nc(C)c3c(C)n(-c4ccccc4)nc3c2=O)cc1Cl. The zero-order valence-electron chi connectivity index (χ0n) is 17.5. The van der Waals surface area contributed by atoms with Gasteiger partial charge in [-0.25, -0.2) is 9.36 Å². The molecular weight excluding hydrogens is 414 g/mol. The molecule has 4 aromatic rings. The molecule has 0 saturated heterocycles. The Bertz CT molecular complexity index is 1340. The van der Waals surface area contributed by atoms with Crippen LogP contribution in [0.1, 0.15) is 23.4 Å². The lowest BCUT2D eigenvalue weighted by molar-refractivity contribution is -0.116.